The first-order chi connectivity index (χ1) is 14.7. The van der Waals surface area contributed by atoms with Crippen LogP contribution >= 0.6 is 11.6 Å². The lowest BCUT2D eigenvalue weighted by Gasteiger charge is -2.56. The van der Waals surface area contributed by atoms with Gasteiger partial charge in [0.2, 0.25) is 0 Å². The van der Waals surface area contributed by atoms with Gasteiger partial charge in [0.05, 0.1) is 0 Å². The van der Waals surface area contributed by atoms with E-state index in [0.717, 1.165) is 10.9 Å². The standard InChI is InChI=1S/C27H29ClN2/c1-29(24-14-12-23(28)13-15-24)26-22-16-18-30(19-17-22)27(26)25(20-8-4-2-5-9-20)21-10-6-3-7-11-21/h2-15,22,25-27H,16-19H2,1H3/t26-,27-/m1/s1. The molecule has 0 aromatic heterocycles. The summed E-state index contributed by atoms with van der Waals surface area (Å²) in [5.41, 5.74) is 4.08. The summed E-state index contributed by atoms with van der Waals surface area (Å²) in [6, 6.07) is 31.5. The predicted octanol–water partition coefficient (Wildman–Crippen LogP) is 6.07. The molecule has 0 N–H and O–H groups in total. The summed E-state index contributed by atoms with van der Waals surface area (Å²) in [7, 11) is 2.27. The van der Waals surface area contributed by atoms with Gasteiger partial charge in [-0.2, -0.15) is 0 Å². The van der Waals surface area contributed by atoms with E-state index in [4.69, 9.17) is 11.6 Å². The first-order valence-electron chi connectivity index (χ1n) is 11.0. The minimum Gasteiger partial charge on any atom is -0.370 e. The second-order valence-electron chi connectivity index (χ2n) is 8.74. The Hall–Kier alpha value is -2.29. The van der Waals surface area contributed by atoms with Gasteiger partial charge in [-0.3, -0.25) is 4.90 Å². The topological polar surface area (TPSA) is 6.48 Å². The molecule has 3 aliphatic heterocycles. The Morgan fingerprint density at radius 3 is 1.87 bits per heavy atom. The fraction of sp³-hybridized carbons (Fsp3) is 0.333. The van der Waals surface area contributed by atoms with Gasteiger partial charge in [0.15, 0.2) is 0 Å². The molecule has 6 rings (SSSR count). The van der Waals surface area contributed by atoms with Crippen LogP contribution in [-0.4, -0.2) is 37.1 Å². The molecule has 0 saturated carbocycles. The highest BCUT2D eigenvalue weighted by Crippen LogP contribution is 2.44. The summed E-state index contributed by atoms with van der Waals surface area (Å²) in [6.45, 7) is 2.41. The highest BCUT2D eigenvalue weighted by atomic mass is 35.5. The molecule has 3 aromatic carbocycles. The SMILES string of the molecule is CN(c1ccc(Cl)cc1)[C@@H]1C2CCN(CC2)[C@@H]1C(c1ccccc1)c1ccccc1. The lowest BCUT2D eigenvalue weighted by molar-refractivity contribution is 0.0186. The molecule has 30 heavy (non-hydrogen) atoms. The maximum atomic E-state index is 6.18. The van der Waals surface area contributed by atoms with Crippen LogP contribution in [0.4, 0.5) is 5.69 Å². The number of fused-ring (bicyclic) bond motifs is 3. The van der Waals surface area contributed by atoms with Crippen LogP contribution in [0.1, 0.15) is 29.9 Å². The monoisotopic (exact) mass is 416 g/mol. The third kappa shape index (κ3) is 3.64. The van der Waals surface area contributed by atoms with Gasteiger partial charge in [-0.05, 0) is 67.2 Å². The zero-order valence-electron chi connectivity index (χ0n) is 17.5. The van der Waals surface area contributed by atoms with E-state index < -0.39 is 0 Å². The van der Waals surface area contributed by atoms with Crippen molar-refractivity contribution in [1.82, 2.24) is 4.90 Å². The molecule has 3 aromatic rings. The van der Waals surface area contributed by atoms with E-state index in [9.17, 15) is 0 Å². The van der Waals surface area contributed by atoms with Gasteiger partial charge in [-0.15, -0.1) is 0 Å². The van der Waals surface area contributed by atoms with Crippen molar-refractivity contribution >= 4 is 17.3 Å². The van der Waals surface area contributed by atoms with Gasteiger partial charge in [0, 0.05) is 35.8 Å². The molecule has 2 atom stereocenters. The molecule has 0 spiro atoms. The lowest BCUT2D eigenvalue weighted by atomic mass is 9.70. The molecule has 3 aliphatic rings. The molecule has 3 heteroatoms. The number of halogens is 1. The number of hydrogen-bond acceptors (Lipinski definition) is 2. The largest absolute Gasteiger partial charge is 0.370 e. The van der Waals surface area contributed by atoms with Gasteiger partial charge < -0.3 is 4.90 Å². The number of hydrogen-bond donors (Lipinski definition) is 0. The van der Waals surface area contributed by atoms with Crippen LogP contribution < -0.4 is 4.90 Å². The Bertz CT molecular complexity index is 910. The Kier molecular flexibility index (Phi) is 5.54. The van der Waals surface area contributed by atoms with Gasteiger partial charge in [0.1, 0.15) is 0 Å². The third-order valence-electron chi connectivity index (χ3n) is 7.17. The van der Waals surface area contributed by atoms with Gasteiger partial charge in [-0.1, -0.05) is 72.3 Å². The molecule has 0 aliphatic carbocycles. The first-order valence-corrected chi connectivity index (χ1v) is 11.4. The van der Waals surface area contributed by atoms with E-state index in [2.05, 4.69) is 89.6 Å². The smallest absolute Gasteiger partial charge is 0.0480 e. The van der Waals surface area contributed by atoms with Crippen molar-refractivity contribution in [1.29, 1.82) is 0 Å². The van der Waals surface area contributed by atoms with E-state index >= 15 is 0 Å². The van der Waals surface area contributed by atoms with Crippen LogP contribution in [0.25, 0.3) is 0 Å². The normalized spacial score (nSPS) is 25.4. The molecule has 3 heterocycles. The Morgan fingerprint density at radius 1 is 0.800 bits per heavy atom. The lowest BCUT2D eigenvalue weighted by Crippen LogP contribution is -2.65. The number of anilines is 1. The van der Waals surface area contributed by atoms with Gasteiger partial charge >= 0.3 is 0 Å². The minimum absolute atomic E-state index is 0.357. The summed E-state index contributed by atoms with van der Waals surface area (Å²) in [6.07, 6.45) is 2.57. The number of rotatable bonds is 5. The summed E-state index contributed by atoms with van der Waals surface area (Å²) in [5.74, 6) is 1.07. The van der Waals surface area contributed by atoms with Gasteiger partial charge in [-0.25, -0.2) is 0 Å². The Morgan fingerprint density at radius 2 is 1.33 bits per heavy atom. The van der Waals surface area contributed by atoms with E-state index in [1.165, 1.54) is 42.7 Å². The molecular weight excluding hydrogens is 388 g/mol. The minimum atomic E-state index is 0.357. The van der Waals surface area contributed by atoms with Crippen molar-refractivity contribution < 1.29 is 0 Å². The third-order valence-corrected chi connectivity index (χ3v) is 7.42. The van der Waals surface area contributed by atoms with Crippen LogP contribution in [-0.2, 0) is 0 Å². The second-order valence-corrected chi connectivity index (χ2v) is 9.18. The van der Waals surface area contributed by atoms with Gasteiger partial charge in [0.25, 0.3) is 0 Å². The average Bonchev–Trinajstić information content (AvgIpc) is 2.81. The Labute approximate surface area is 185 Å². The predicted molar refractivity (Wildman–Crippen MR) is 126 cm³/mol. The summed E-state index contributed by atoms with van der Waals surface area (Å²) < 4.78 is 0. The number of nitrogens with zero attached hydrogens (tertiary/aromatic N) is 2. The zero-order valence-corrected chi connectivity index (χ0v) is 18.2. The van der Waals surface area contributed by atoms with Crippen LogP contribution in [0.5, 0.6) is 0 Å². The van der Waals surface area contributed by atoms with Crippen LogP contribution in [0.3, 0.4) is 0 Å². The van der Waals surface area contributed by atoms with Crippen molar-refractivity contribution in [3.63, 3.8) is 0 Å². The molecule has 0 radical (unpaired) electrons. The summed E-state index contributed by atoms with van der Waals surface area (Å²) >= 11 is 6.18. The van der Waals surface area contributed by atoms with Crippen molar-refractivity contribution in [2.45, 2.75) is 30.8 Å². The second kappa shape index (κ2) is 8.45. The number of piperidine rings is 3. The van der Waals surface area contributed by atoms with Crippen molar-refractivity contribution in [3.05, 3.63) is 101 Å². The van der Waals surface area contributed by atoms with Crippen molar-refractivity contribution in [3.8, 4) is 0 Å². The molecule has 2 bridgehead atoms. The fourth-order valence-electron chi connectivity index (χ4n) is 5.76. The summed E-state index contributed by atoms with van der Waals surface area (Å²) in [4.78, 5) is 5.28. The Balaban J connectivity index is 1.59. The van der Waals surface area contributed by atoms with Crippen LogP contribution in [0, 0.1) is 5.92 Å². The summed E-state index contributed by atoms with van der Waals surface area (Å²) in [5, 5.41) is 0.795. The quantitative estimate of drug-likeness (QED) is 0.498. The zero-order chi connectivity index (χ0) is 20.5. The maximum absolute atomic E-state index is 6.18. The van der Waals surface area contributed by atoms with E-state index in [1.54, 1.807) is 0 Å². The van der Waals surface area contributed by atoms with Crippen LogP contribution in [0.2, 0.25) is 5.02 Å². The fourth-order valence-corrected chi connectivity index (χ4v) is 5.89. The van der Waals surface area contributed by atoms with Crippen molar-refractivity contribution in [2.75, 3.05) is 25.0 Å². The first kappa shape index (κ1) is 19.7. The van der Waals surface area contributed by atoms with Crippen molar-refractivity contribution in [2.24, 2.45) is 5.92 Å². The number of benzene rings is 3. The molecule has 3 fully saturated rings. The van der Waals surface area contributed by atoms with Crippen LogP contribution in [0.15, 0.2) is 84.9 Å². The number of likely N-dealkylation sites (N-methyl/N-ethyl adjacent to an activating group) is 1. The highest BCUT2D eigenvalue weighted by Gasteiger charge is 2.48. The average molecular weight is 417 g/mol. The molecule has 0 unspecified atom stereocenters. The molecule has 0 amide bonds. The molecule has 2 nitrogen and oxygen atoms in total. The highest BCUT2D eigenvalue weighted by molar-refractivity contribution is 6.30. The van der Waals surface area contributed by atoms with E-state index in [-0.39, 0.29) is 0 Å². The van der Waals surface area contributed by atoms with E-state index in [0.29, 0.717) is 18.0 Å². The molecule has 3 saturated heterocycles. The molecule has 154 valence electrons. The maximum Gasteiger partial charge on any atom is 0.0480 e. The van der Waals surface area contributed by atoms with E-state index in [1.807, 2.05) is 12.1 Å². The molecular formula is C27H29ClN2.